The number of tetrazole rings is 1. The summed E-state index contributed by atoms with van der Waals surface area (Å²) in [6.45, 7) is 4.87. The van der Waals surface area contributed by atoms with Gasteiger partial charge < -0.3 is 0 Å². The van der Waals surface area contributed by atoms with Gasteiger partial charge in [-0.2, -0.15) is 4.80 Å². The van der Waals surface area contributed by atoms with E-state index in [2.05, 4.69) is 53.5 Å². The zero-order valence-corrected chi connectivity index (χ0v) is 12.6. The van der Waals surface area contributed by atoms with Crippen LogP contribution in [0.15, 0.2) is 48.5 Å². The Labute approximate surface area is 128 Å². The predicted octanol–water partition coefficient (Wildman–Crippen LogP) is 3.65. The maximum atomic E-state index is 13.2. The van der Waals surface area contributed by atoms with Crippen molar-refractivity contribution >= 4 is 0 Å². The van der Waals surface area contributed by atoms with Crippen LogP contribution in [0.1, 0.15) is 30.9 Å². The summed E-state index contributed by atoms with van der Waals surface area (Å²) in [4.78, 5) is 1.52. The van der Waals surface area contributed by atoms with Crippen molar-refractivity contribution in [1.29, 1.82) is 0 Å². The van der Waals surface area contributed by atoms with E-state index in [1.54, 1.807) is 12.1 Å². The van der Waals surface area contributed by atoms with Crippen LogP contribution in [0.5, 0.6) is 0 Å². The summed E-state index contributed by atoms with van der Waals surface area (Å²) in [5, 5.41) is 12.3. The monoisotopic (exact) mass is 296 g/mol. The first-order chi connectivity index (χ1) is 10.6. The quantitative estimate of drug-likeness (QED) is 0.738. The third kappa shape index (κ3) is 3.19. The number of nitrogens with zero attached hydrogens (tertiary/aromatic N) is 4. The summed E-state index contributed by atoms with van der Waals surface area (Å²) >= 11 is 0. The molecule has 0 radical (unpaired) electrons. The van der Waals surface area contributed by atoms with Crippen LogP contribution in [0.25, 0.3) is 11.4 Å². The van der Waals surface area contributed by atoms with Gasteiger partial charge in [-0.1, -0.05) is 50.2 Å². The molecule has 3 aromatic rings. The molecule has 0 spiro atoms. The average molecular weight is 296 g/mol. The number of hydrogen-bond acceptors (Lipinski definition) is 3. The number of halogens is 1. The first kappa shape index (κ1) is 14.4. The van der Waals surface area contributed by atoms with Gasteiger partial charge in [0.2, 0.25) is 5.82 Å². The van der Waals surface area contributed by atoms with Gasteiger partial charge in [-0.25, -0.2) is 4.39 Å². The molecule has 4 nitrogen and oxygen atoms in total. The van der Waals surface area contributed by atoms with Crippen LogP contribution in [0.2, 0.25) is 0 Å². The Bertz CT molecular complexity index is 762. The lowest BCUT2D eigenvalue weighted by Gasteiger charge is -2.06. The number of hydrogen-bond donors (Lipinski definition) is 0. The van der Waals surface area contributed by atoms with Crippen molar-refractivity contribution in [2.75, 3.05) is 0 Å². The Balaban J connectivity index is 1.77. The second kappa shape index (κ2) is 6.05. The molecule has 112 valence electrons. The van der Waals surface area contributed by atoms with E-state index in [1.807, 2.05) is 0 Å². The third-order valence-electron chi connectivity index (χ3n) is 3.51. The van der Waals surface area contributed by atoms with Crippen molar-refractivity contribution in [3.63, 3.8) is 0 Å². The second-order valence-electron chi connectivity index (χ2n) is 5.55. The normalized spacial score (nSPS) is 11.1. The lowest BCUT2D eigenvalue weighted by atomic mass is 10.0. The number of benzene rings is 2. The molecule has 0 N–H and O–H groups in total. The number of aromatic nitrogens is 4. The van der Waals surface area contributed by atoms with Gasteiger partial charge in [-0.3, -0.25) is 0 Å². The van der Waals surface area contributed by atoms with E-state index in [1.165, 1.54) is 22.5 Å². The summed E-state index contributed by atoms with van der Waals surface area (Å²) in [5.74, 6) is 0.634. The van der Waals surface area contributed by atoms with Gasteiger partial charge in [0.1, 0.15) is 5.82 Å². The molecule has 2 aromatic carbocycles. The summed E-state index contributed by atoms with van der Waals surface area (Å²) in [6.07, 6.45) is 0. The summed E-state index contributed by atoms with van der Waals surface area (Å²) in [7, 11) is 0. The molecule has 0 aliphatic carbocycles. The molecule has 0 unspecified atom stereocenters. The number of rotatable bonds is 4. The highest BCUT2D eigenvalue weighted by Crippen LogP contribution is 2.16. The minimum atomic E-state index is -0.307. The third-order valence-corrected chi connectivity index (χ3v) is 3.51. The Morgan fingerprint density at radius 1 is 1.09 bits per heavy atom. The lowest BCUT2D eigenvalue weighted by molar-refractivity contribution is 0.572. The molecular formula is C17H17FN4. The zero-order chi connectivity index (χ0) is 15.5. The minimum absolute atomic E-state index is 0.307. The first-order valence-corrected chi connectivity index (χ1v) is 7.24. The average Bonchev–Trinajstić information content (AvgIpc) is 2.96. The van der Waals surface area contributed by atoms with Crippen molar-refractivity contribution in [3.8, 4) is 11.4 Å². The highest BCUT2D eigenvalue weighted by Gasteiger charge is 2.07. The van der Waals surface area contributed by atoms with E-state index in [-0.39, 0.29) is 5.82 Å². The molecule has 0 bridgehead atoms. The van der Waals surface area contributed by atoms with Crippen LogP contribution in [0.3, 0.4) is 0 Å². The molecule has 0 amide bonds. The van der Waals surface area contributed by atoms with Crippen LogP contribution in [-0.2, 0) is 6.54 Å². The first-order valence-electron chi connectivity index (χ1n) is 7.24. The Morgan fingerprint density at radius 2 is 1.86 bits per heavy atom. The molecule has 1 aromatic heterocycles. The molecule has 22 heavy (non-hydrogen) atoms. The Kier molecular flexibility index (Phi) is 3.96. The fraction of sp³-hybridized carbons (Fsp3) is 0.235. The van der Waals surface area contributed by atoms with Crippen molar-refractivity contribution in [2.45, 2.75) is 26.3 Å². The van der Waals surface area contributed by atoms with E-state index in [4.69, 9.17) is 0 Å². The van der Waals surface area contributed by atoms with E-state index < -0.39 is 0 Å². The van der Waals surface area contributed by atoms with Crippen LogP contribution < -0.4 is 0 Å². The Morgan fingerprint density at radius 3 is 2.55 bits per heavy atom. The standard InChI is InChI=1S/C17H17FN4/c1-12(2)14-8-6-13(7-9-14)11-22-20-17(19-21-22)15-4-3-5-16(18)10-15/h3-10,12H,11H2,1-2H3. The fourth-order valence-corrected chi connectivity index (χ4v) is 2.22. The highest BCUT2D eigenvalue weighted by molar-refractivity contribution is 5.53. The van der Waals surface area contributed by atoms with E-state index in [0.29, 0.717) is 23.9 Å². The largest absolute Gasteiger partial charge is 0.207 e. The summed E-state index contributed by atoms with van der Waals surface area (Å²) < 4.78 is 13.2. The molecular weight excluding hydrogens is 279 g/mol. The molecule has 0 aliphatic heterocycles. The Hall–Kier alpha value is -2.56. The van der Waals surface area contributed by atoms with Crippen molar-refractivity contribution in [3.05, 3.63) is 65.5 Å². The molecule has 3 rings (SSSR count). The molecule has 1 heterocycles. The predicted molar refractivity (Wildman–Crippen MR) is 82.8 cm³/mol. The van der Waals surface area contributed by atoms with Gasteiger partial charge in [0.25, 0.3) is 0 Å². The molecule has 0 saturated carbocycles. The van der Waals surface area contributed by atoms with Gasteiger partial charge in [-0.05, 0) is 34.4 Å². The maximum absolute atomic E-state index is 13.2. The van der Waals surface area contributed by atoms with Crippen molar-refractivity contribution in [1.82, 2.24) is 20.2 Å². The van der Waals surface area contributed by atoms with E-state index in [0.717, 1.165) is 5.56 Å². The van der Waals surface area contributed by atoms with Crippen molar-refractivity contribution < 1.29 is 4.39 Å². The lowest BCUT2D eigenvalue weighted by Crippen LogP contribution is -2.04. The minimum Gasteiger partial charge on any atom is -0.207 e. The van der Waals surface area contributed by atoms with Crippen LogP contribution in [-0.4, -0.2) is 20.2 Å². The van der Waals surface area contributed by atoms with Crippen LogP contribution >= 0.6 is 0 Å². The van der Waals surface area contributed by atoms with Gasteiger partial charge in [-0.15, -0.1) is 10.2 Å². The van der Waals surface area contributed by atoms with Gasteiger partial charge in [0, 0.05) is 5.56 Å². The highest BCUT2D eigenvalue weighted by atomic mass is 19.1. The molecule has 0 saturated heterocycles. The molecule has 0 aliphatic rings. The molecule has 5 heteroatoms. The maximum Gasteiger partial charge on any atom is 0.205 e. The molecule has 0 fully saturated rings. The van der Waals surface area contributed by atoms with E-state index in [9.17, 15) is 4.39 Å². The fourth-order valence-electron chi connectivity index (χ4n) is 2.22. The van der Waals surface area contributed by atoms with Gasteiger partial charge in [0.15, 0.2) is 0 Å². The van der Waals surface area contributed by atoms with Crippen LogP contribution in [0, 0.1) is 5.82 Å². The smallest absolute Gasteiger partial charge is 0.205 e. The second-order valence-corrected chi connectivity index (χ2v) is 5.55. The van der Waals surface area contributed by atoms with Gasteiger partial charge in [0.05, 0.1) is 6.54 Å². The molecule has 0 atom stereocenters. The van der Waals surface area contributed by atoms with E-state index >= 15 is 0 Å². The van der Waals surface area contributed by atoms with Gasteiger partial charge >= 0.3 is 0 Å². The SMILES string of the molecule is CC(C)c1ccc(Cn2nnc(-c3cccc(F)c3)n2)cc1. The van der Waals surface area contributed by atoms with Crippen molar-refractivity contribution in [2.24, 2.45) is 0 Å². The topological polar surface area (TPSA) is 43.6 Å². The van der Waals surface area contributed by atoms with Crippen LogP contribution in [0.4, 0.5) is 4.39 Å². The summed E-state index contributed by atoms with van der Waals surface area (Å²) in [5.41, 5.74) is 3.03. The summed E-state index contributed by atoms with van der Waals surface area (Å²) in [6, 6.07) is 14.6. The zero-order valence-electron chi connectivity index (χ0n) is 12.6.